The Labute approximate surface area is 218 Å². The summed E-state index contributed by atoms with van der Waals surface area (Å²) in [5, 5.41) is 7.25. The molecule has 2 aliphatic rings. The summed E-state index contributed by atoms with van der Waals surface area (Å²) in [6.45, 7) is 5.29. The Kier molecular flexibility index (Phi) is 7.35. The molecule has 3 aromatic carbocycles. The van der Waals surface area contributed by atoms with Gasteiger partial charge in [0.05, 0.1) is 37.7 Å². The molecule has 0 saturated carbocycles. The molecular weight excluding hydrogens is 464 g/mol. The second-order valence-corrected chi connectivity index (χ2v) is 9.43. The Morgan fingerprint density at radius 1 is 0.865 bits per heavy atom. The molecule has 6 heteroatoms. The zero-order valence-corrected chi connectivity index (χ0v) is 21.7. The Hall–Kier alpha value is -3.93. The van der Waals surface area contributed by atoms with Gasteiger partial charge in [-0.25, -0.2) is 0 Å². The van der Waals surface area contributed by atoms with Gasteiger partial charge in [-0.15, -0.1) is 0 Å². The molecule has 0 radical (unpaired) electrons. The topological polar surface area (TPSA) is 68.8 Å². The number of ether oxygens (including phenoxy) is 3. The molecule has 0 bridgehead atoms. The Morgan fingerprint density at radius 2 is 1.62 bits per heavy atom. The summed E-state index contributed by atoms with van der Waals surface area (Å²) in [4.78, 5) is 13.8. The van der Waals surface area contributed by atoms with Crippen LogP contribution in [0.5, 0.6) is 17.2 Å². The summed E-state index contributed by atoms with van der Waals surface area (Å²) in [7, 11) is 1.65. The lowest BCUT2D eigenvalue weighted by Gasteiger charge is -2.30. The zero-order chi connectivity index (χ0) is 25.8. The smallest absolute Gasteiger partial charge is 0.163 e. The predicted molar refractivity (Wildman–Crippen MR) is 147 cm³/mol. The van der Waals surface area contributed by atoms with Crippen LogP contribution in [0.15, 0.2) is 78.0 Å². The third-order valence-electron chi connectivity index (χ3n) is 6.95. The van der Waals surface area contributed by atoms with Crippen molar-refractivity contribution in [3.8, 4) is 17.2 Å². The van der Waals surface area contributed by atoms with Crippen molar-refractivity contribution in [2.45, 2.75) is 45.1 Å². The number of fused-ring (bicyclic) bond motifs is 1. The normalized spacial score (nSPS) is 18.6. The first-order valence-electron chi connectivity index (χ1n) is 13.0. The molecule has 1 aliphatic carbocycles. The summed E-state index contributed by atoms with van der Waals surface area (Å²) in [5.41, 5.74) is 5.81. The number of Topliss-reactive ketones (excluding diaryl/α,β-unsaturated/α-hetero) is 1. The average molecular weight is 499 g/mol. The zero-order valence-electron chi connectivity index (χ0n) is 21.7. The minimum Gasteiger partial charge on any atom is -0.494 e. The van der Waals surface area contributed by atoms with E-state index in [1.54, 1.807) is 7.11 Å². The van der Waals surface area contributed by atoms with E-state index in [0.717, 1.165) is 52.4 Å². The van der Waals surface area contributed by atoms with Crippen LogP contribution in [0.1, 0.15) is 56.2 Å². The number of hydrogen-bond donors (Lipinski definition) is 2. The van der Waals surface area contributed by atoms with Gasteiger partial charge in [0, 0.05) is 17.7 Å². The van der Waals surface area contributed by atoms with Crippen LogP contribution >= 0.6 is 0 Å². The molecule has 0 aromatic heterocycles. The number of hydrogen-bond acceptors (Lipinski definition) is 6. The van der Waals surface area contributed by atoms with Gasteiger partial charge in [0.15, 0.2) is 17.3 Å². The van der Waals surface area contributed by atoms with Crippen molar-refractivity contribution in [1.82, 2.24) is 0 Å². The highest BCUT2D eigenvalue weighted by Crippen LogP contribution is 2.45. The molecule has 3 aromatic rings. The molecule has 2 unspecified atom stereocenters. The van der Waals surface area contributed by atoms with Crippen molar-refractivity contribution >= 4 is 17.2 Å². The van der Waals surface area contributed by atoms with Crippen LogP contribution in [-0.2, 0) is 4.79 Å². The van der Waals surface area contributed by atoms with Gasteiger partial charge in [0.1, 0.15) is 5.75 Å². The molecule has 1 heterocycles. The van der Waals surface area contributed by atoms with Gasteiger partial charge in [-0.1, -0.05) is 37.3 Å². The summed E-state index contributed by atoms with van der Waals surface area (Å²) in [6.07, 6.45) is 2.12. The number of rotatable bonds is 8. The highest BCUT2D eigenvalue weighted by atomic mass is 16.5. The van der Waals surface area contributed by atoms with Crippen LogP contribution in [0.2, 0.25) is 0 Å². The van der Waals surface area contributed by atoms with E-state index in [0.29, 0.717) is 31.1 Å². The van der Waals surface area contributed by atoms with Crippen LogP contribution < -0.4 is 24.8 Å². The maximum absolute atomic E-state index is 13.8. The van der Waals surface area contributed by atoms with E-state index in [1.807, 2.05) is 61.5 Å². The van der Waals surface area contributed by atoms with Gasteiger partial charge < -0.3 is 24.8 Å². The van der Waals surface area contributed by atoms with E-state index in [4.69, 9.17) is 14.2 Å². The highest BCUT2D eigenvalue weighted by Gasteiger charge is 2.36. The van der Waals surface area contributed by atoms with E-state index in [-0.39, 0.29) is 17.7 Å². The molecule has 37 heavy (non-hydrogen) atoms. The molecule has 2 N–H and O–H groups in total. The molecule has 6 nitrogen and oxygen atoms in total. The number of carbonyl (C=O) groups excluding carboxylic acids is 1. The number of para-hydroxylation sites is 2. The second-order valence-electron chi connectivity index (χ2n) is 9.43. The van der Waals surface area contributed by atoms with E-state index in [9.17, 15) is 4.79 Å². The number of ketones is 1. The Balaban J connectivity index is 1.51. The molecule has 0 fully saturated rings. The van der Waals surface area contributed by atoms with Crippen LogP contribution in [0.4, 0.5) is 11.4 Å². The third kappa shape index (κ3) is 5.15. The number of benzene rings is 3. The van der Waals surface area contributed by atoms with E-state index in [1.165, 1.54) is 0 Å². The first-order chi connectivity index (χ1) is 18.1. The molecule has 1 aliphatic heterocycles. The summed E-state index contributed by atoms with van der Waals surface area (Å²) < 4.78 is 17.1. The van der Waals surface area contributed by atoms with Gasteiger partial charge in [-0.2, -0.15) is 0 Å². The van der Waals surface area contributed by atoms with Crippen LogP contribution in [0, 0.1) is 0 Å². The van der Waals surface area contributed by atoms with Gasteiger partial charge in [-0.05, 0) is 73.2 Å². The minimum atomic E-state index is -0.255. The molecule has 0 saturated heterocycles. The summed E-state index contributed by atoms with van der Waals surface area (Å²) in [6, 6.07) is 21.9. The first-order valence-corrected chi connectivity index (χ1v) is 13.0. The Bertz CT molecular complexity index is 1300. The van der Waals surface area contributed by atoms with Crippen molar-refractivity contribution in [1.29, 1.82) is 0 Å². The van der Waals surface area contributed by atoms with Gasteiger partial charge in [0.25, 0.3) is 0 Å². The fourth-order valence-corrected chi connectivity index (χ4v) is 5.17. The van der Waals surface area contributed by atoms with Crippen molar-refractivity contribution in [2.24, 2.45) is 0 Å². The average Bonchev–Trinajstić information content (AvgIpc) is 3.09. The highest BCUT2D eigenvalue weighted by molar-refractivity contribution is 6.01. The molecule has 5 rings (SSSR count). The summed E-state index contributed by atoms with van der Waals surface area (Å²) in [5.74, 6) is 2.43. The fourth-order valence-electron chi connectivity index (χ4n) is 5.17. The molecule has 0 spiro atoms. The van der Waals surface area contributed by atoms with Gasteiger partial charge in [-0.3, -0.25) is 4.79 Å². The number of allylic oxidation sites excluding steroid dienone is 1. The number of carbonyl (C=O) groups is 1. The number of nitrogens with one attached hydrogen (secondary N) is 2. The lowest BCUT2D eigenvalue weighted by molar-refractivity contribution is -0.116. The minimum absolute atomic E-state index is 0.0408. The molecular formula is C31H34N2O4. The van der Waals surface area contributed by atoms with E-state index >= 15 is 0 Å². The Morgan fingerprint density at radius 3 is 2.35 bits per heavy atom. The van der Waals surface area contributed by atoms with Gasteiger partial charge in [0.2, 0.25) is 0 Å². The lowest BCUT2D eigenvalue weighted by Crippen LogP contribution is -2.26. The number of methoxy groups -OCH3 is 1. The van der Waals surface area contributed by atoms with E-state index in [2.05, 4.69) is 29.7 Å². The van der Waals surface area contributed by atoms with Crippen LogP contribution in [0.25, 0.3) is 0 Å². The third-order valence-corrected chi connectivity index (χ3v) is 6.95. The molecule has 192 valence electrons. The predicted octanol–water partition coefficient (Wildman–Crippen LogP) is 6.86. The maximum Gasteiger partial charge on any atom is 0.163 e. The van der Waals surface area contributed by atoms with Crippen molar-refractivity contribution in [3.05, 3.63) is 89.1 Å². The van der Waals surface area contributed by atoms with E-state index < -0.39 is 0 Å². The van der Waals surface area contributed by atoms with Crippen LogP contribution in [0.3, 0.4) is 0 Å². The number of anilines is 2. The molecule has 0 amide bonds. The van der Waals surface area contributed by atoms with Gasteiger partial charge >= 0.3 is 0 Å². The van der Waals surface area contributed by atoms with Crippen molar-refractivity contribution in [3.63, 3.8) is 0 Å². The lowest BCUT2D eigenvalue weighted by atomic mass is 9.78. The SMILES string of the molecule is CCCOc1ccc(C2Nc3ccccc3NC3=C2C(=O)CC(c2ccc(OCC)c(OC)c2)C3)cc1. The molecule has 2 atom stereocenters. The summed E-state index contributed by atoms with van der Waals surface area (Å²) >= 11 is 0. The largest absolute Gasteiger partial charge is 0.494 e. The maximum atomic E-state index is 13.8. The van der Waals surface area contributed by atoms with Crippen molar-refractivity contribution < 1.29 is 19.0 Å². The quantitative estimate of drug-likeness (QED) is 0.354. The van der Waals surface area contributed by atoms with Crippen LogP contribution in [-0.4, -0.2) is 26.1 Å². The monoisotopic (exact) mass is 498 g/mol. The standard InChI is InChI=1S/C31H34N2O4/c1-4-16-37-23-13-10-20(11-14-23)31-30-26(32-24-8-6-7-9-25(24)33-31)17-22(18-27(30)34)21-12-15-28(36-5-2)29(19-21)35-3/h6-15,19,22,31-33H,4-5,16-18H2,1-3H3. The fraction of sp³-hybridized carbons (Fsp3) is 0.323. The first kappa shape index (κ1) is 24.8. The van der Waals surface area contributed by atoms with Crippen molar-refractivity contribution in [2.75, 3.05) is 31.0 Å². The second kappa shape index (κ2) is 11.0.